The molecule has 0 bridgehead atoms. The van der Waals surface area contributed by atoms with E-state index in [4.69, 9.17) is 4.74 Å². The highest BCUT2D eigenvalue weighted by atomic mass is 16.5. The molecule has 0 saturated carbocycles. The van der Waals surface area contributed by atoms with Gasteiger partial charge in [0.25, 0.3) is 0 Å². The second-order valence-electron chi connectivity index (χ2n) is 7.35. The molecule has 0 aliphatic carbocycles. The molecule has 4 nitrogen and oxygen atoms in total. The molecule has 0 unspecified atom stereocenters. The van der Waals surface area contributed by atoms with Gasteiger partial charge in [0.15, 0.2) is 0 Å². The van der Waals surface area contributed by atoms with Crippen molar-refractivity contribution in [3.63, 3.8) is 0 Å². The first-order chi connectivity index (χ1) is 13.6. The molecule has 0 spiro atoms. The van der Waals surface area contributed by atoms with Crippen LogP contribution < -0.4 is 0 Å². The molecule has 28 heavy (non-hydrogen) atoms. The molecule has 3 rings (SSSR count). The normalized spacial score (nSPS) is 18.2. The number of nitrogens with zero attached hydrogens (tertiary/aromatic N) is 1. The molecule has 2 aromatic rings. The topological polar surface area (TPSA) is 49.8 Å². The Morgan fingerprint density at radius 3 is 2.68 bits per heavy atom. The van der Waals surface area contributed by atoms with Crippen LogP contribution >= 0.6 is 0 Å². The number of piperidine rings is 1. The number of carboxylic acid groups (broad SMARTS) is 1. The molecule has 1 heterocycles. The SMILES string of the molecule is Cc1ccccc1/C(=C/COCCN1CCC[C@@H](C(=O)O)C1)c1ccccc1. The number of aliphatic carboxylic acids is 1. The van der Waals surface area contributed by atoms with Crippen molar-refractivity contribution in [2.24, 2.45) is 5.92 Å². The molecular formula is C24H29NO3. The van der Waals surface area contributed by atoms with E-state index in [1.54, 1.807) is 0 Å². The van der Waals surface area contributed by atoms with Gasteiger partial charge in [-0.1, -0.05) is 60.7 Å². The number of likely N-dealkylation sites (tertiary alicyclic amines) is 1. The summed E-state index contributed by atoms with van der Waals surface area (Å²) in [7, 11) is 0. The van der Waals surface area contributed by atoms with E-state index >= 15 is 0 Å². The van der Waals surface area contributed by atoms with Gasteiger partial charge in [-0.2, -0.15) is 0 Å². The van der Waals surface area contributed by atoms with Crippen LogP contribution in [-0.2, 0) is 9.53 Å². The van der Waals surface area contributed by atoms with Gasteiger partial charge in [-0.25, -0.2) is 0 Å². The smallest absolute Gasteiger partial charge is 0.307 e. The molecule has 1 saturated heterocycles. The third kappa shape index (κ3) is 5.54. The minimum absolute atomic E-state index is 0.237. The fourth-order valence-corrected chi connectivity index (χ4v) is 3.76. The van der Waals surface area contributed by atoms with Crippen LogP contribution in [0.1, 0.15) is 29.5 Å². The van der Waals surface area contributed by atoms with E-state index < -0.39 is 5.97 Å². The third-order valence-corrected chi connectivity index (χ3v) is 5.33. The van der Waals surface area contributed by atoms with Gasteiger partial charge in [-0.3, -0.25) is 4.79 Å². The van der Waals surface area contributed by atoms with E-state index in [1.807, 2.05) is 6.07 Å². The molecule has 1 fully saturated rings. The van der Waals surface area contributed by atoms with E-state index in [0.717, 1.165) is 25.9 Å². The quantitative estimate of drug-likeness (QED) is 0.697. The summed E-state index contributed by atoms with van der Waals surface area (Å²) in [5, 5.41) is 9.20. The first kappa shape index (κ1) is 20.3. The molecular weight excluding hydrogens is 350 g/mol. The lowest BCUT2D eigenvalue weighted by Crippen LogP contribution is -2.40. The average Bonchev–Trinajstić information content (AvgIpc) is 2.72. The summed E-state index contributed by atoms with van der Waals surface area (Å²) >= 11 is 0. The number of aryl methyl sites for hydroxylation is 1. The summed E-state index contributed by atoms with van der Waals surface area (Å²) in [6, 6.07) is 18.8. The Balaban J connectivity index is 1.58. The van der Waals surface area contributed by atoms with Crippen LogP contribution in [0.25, 0.3) is 5.57 Å². The van der Waals surface area contributed by atoms with Gasteiger partial charge in [0.05, 0.1) is 19.1 Å². The Morgan fingerprint density at radius 2 is 1.93 bits per heavy atom. The van der Waals surface area contributed by atoms with Crippen LogP contribution in [0.3, 0.4) is 0 Å². The summed E-state index contributed by atoms with van der Waals surface area (Å²) in [6.07, 6.45) is 3.88. The Hall–Kier alpha value is -2.43. The van der Waals surface area contributed by atoms with Crippen LogP contribution in [0.2, 0.25) is 0 Å². The van der Waals surface area contributed by atoms with Gasteiger partial charge in [-0.15, -0.1) is 0 Å². The maximum Gasteiger partial charge on any atom is 0.307 e. The van der Waals surface area contributed by atoms with Crippen molar-refractivity contribution < 1.29 is 14.6 Å². The van der Waals surface area contributed by atoms with Gasteiger partial charge in [-0.05, 0) is 48.6 Å². The maximum absolute atomic E-state index is 11.2. The zero-order valence-electron chi connectivity index (χ0n) is 16.5. The van der Waals surface area contributed by atoms with E-state index in [0.29, 0.717) is 19.8 Å². The second kappa shape index (κ2) is 10.2. The summed E-state index contributed by atoms with van der Waals surface area (Å²) in [5.74, 6) is -0.918. The number of benzene rings is 2. The number of rotatable bonds is 8. The summed E-state index contributed by atoms with van der Waals surface area (Å²) in [6.45, 7) is 5.65. The zero-order valence-corrected chi connectivity index (χ0v) is 16.5. The Labute approximate surface area is 167 Å². The number of hydrogen-bond donors (Lipinski definition) is 1. The summed E-state index contributed by atoms with van der Waals surface area (Å²) < 4.78 is 5.88. The van der Waals surface area contributed by atoms with Gasteiger partial charge in [0.1, 0.15) is 0 Å². The number of ether oxygens (including phenoxy) is 1. The third-order valence-electron chi connectivity index (χ3n) is 5.33. The molecule has 4 heteroatoms. The van der Waals surface area contributed by atoms with Gasteiger partial charge in [0, 0.05) is 13.1 Å². The molecule has 1 aliphatic heterocycles. The molecule has 1 aliphatic rings. The largest absolute Gasteiger partial charge is 0.481 e. The van der Waals surface area contributed by atoms with Crippen molar-refractivity contribution in [1.82, 2.24) is 4.90 Å². The van der Waals surface area contributed by atoms with E-state index in [1.165, 1.54) is 22.3 Å². The lowest BCUT2D eigenvalue weighted by molar-refractivity contribution is -0.143. The van der Waals surface area contributed by atoms with Crippen molar-refractivity contribution in [2.75, 3.05) is 32.8 Å². The molecule has 0 amide bonds. The van der Waals surface area contributed by atoms with Crippen LogP contribution in [-0.4, -0.2) is 48.8 Å². The number of hydrogen-bond acceptors (Lipinski definition) is 3. The van der Waals surface area contributed by atoms with Crippen molar-refractivity contribution >= 4 is 11.5 Å². The first-order valence-electron chi connectivity index (χ1n) is 9.99. The Bertz CT molecular complexity index is 801. The summed E-state index contributed by atoms with van der Waals surface area (Å²) in [5.41, 5.74) is 4.83. The van der Waals surface area contributed by atoms with Crippen LogP contribution in [0.5, 0.6) is 0 Å². The van der Waals surface area contributed by atoms with Crippen molar-refractivity contribution in [3.05, 3.63) is 77.4 Å². The van der Waals surface area contributed by atoms with Crippen LogP contribution in [0, 0.1) is 12.8 Å². The van der Waals surface area contributed by atoms with E-state index in [-0.39, 0.29) is 5.92 Å². The minimum atomic E-state index is -0.681. The molecule has 0 radical (unpaired) electrons. The number of carboxylic acids is 1. The van der Waals surface area contributed by atoms with Gasteiger partial charge < -0.3 is 14.7 Å². The fraction of sp³-hybridized carbons (Fsp3) is 0.375. The van der Waals surface area contributed by atoms with Crippen molar-refractivity contribution in [2.45, 2.75) is 19.8 Å². The van der Waals surface area contributed by atoms with Crippen LogP contribution in [0.15, 0.2) is 60.7 Å². The second-order valence-corrected chi connectivity index (χ2v) is 7.35. The van der Waals surface area contributed by atoms with Crippen LogP contribution in [0.4, 0.5) is 0 Å². The highest BCUT2D eigenvalue weighted by molar-refractivity contribution is 5.81. The van der Waals surface area contributed by atoms with E-state index in [2.05, 4.69) is 66.4 Å². The van der Waals surface area contributed by atoms with Crippen molar-refractivity contribution in [1.29, 1.82) is 0 Å². The first-order valence-corrected chi connectivity index (χ1v) is 9.99. The number of carbonyl (C=O) groups is 1. The predicted octanol–water partition coefficient (Wildman–Crippen LogP) is 4.24. The fourth-order valence-electron chi connectivity index (χ4n) is 3.76. The molecule has 148 valence electrons. The Kier molecular flexibility index (Phi) is 7.40. The molecule has 2 aromatic carbocycles. The predicted molar refractivity (Wildman–Crippen MR) is 112 cm³/mol. The van der Waals surface area contributed by atoms with Gasteiger partial charge >= 0.3 is 5.97 Å². The lowest BCUT2D eigenvalue weighted by Gasteiger charge is -2.30. The molecule has 1 atom stereocenters. The van der Waals surface area contributed by atoms with Crippen molar-refractivity contribution in [3.8, 4) is 0 Å². The highest BCUT2D eigenvalue weighted by Crippen LogP contribution is 2.25. The highest BCUT2D eigenvalue weighted by Gasteiger charge is 2.24. The molecule has 0 aromatic heterocycles. The van der Waals surface area contributed by atoms with E-state index in [9.17, 15) is 9.90 Å². The molecule has 1 N–H and O–H groups in total. The minimum Gasteiger partial charge on any atom is -0.481 e. The summed E-state index contributed by atoms with van der Waals surface area (Å²) in [4.78, 5) is 13.4. The monoisotopic (exact) mass is 379 g/mol. The Morgan fingerprint density at radius 1 is 1.18 bits per heavy atom. The van der Waals surface area contributed by atoms with Gasteiger partial charge in [0.2, 0.25) is 0 Å². The lowest BCUT2D eigenvalue weighted by atomic mass is 9.94. The average molecular weight is 380 g/mol. The zero-order chi connectivity index (χ0) is 19.8. The standard InChI is InChI=1S/C24H29NO3/c1-19-8-5-6-12-22(19)23(20-9-3-2-4-10-20)13-16-28-17-15-25-14-7-11-21(18-25)24(26)27/h2-6,8-10,12-13,21H,7,11,14-18H2,1H3,(H,26,27)/b23-13+/t21-/m1/s1. The maximum atomic E-state index is 11.2.